The number of benzene rings is 2. The Morgan fingerprint density at radius 3 is 1.49 bits per heavy atom. The highest BCUT2D eigenvalue weighted by Gasteiger charge is 2.56. The quantitative estimate of drug-likeness (QED) is 0.174. The Balaban J connectivity index is 0.000000119. The van der Waals surface area contributed by atoms with E-state index in [1.165, 1.54) is 12.8 Å². The van der Waals surface area contributed by atoms with E-state index in [1.807, 2.05) is 36.4 Å². The Morgan fingerprint density at radius 1 is 0.627 bits per heavy atom. The van der Waals surface area contributed by atoms with E-state index in [9.17, 15) is 14.7 Å². The lowest BCUT2D eigenvalue weighted by Crippen LogP contribution is -2.56. The minimum absolute atomic E-state index is 0.177. The molecular formula is C46H47BrCl4N2O6. The Morgan fingerprint density at radius 2 is 1.05 bits per heavy atom. The van der Waals surface area contributed by atoms with Crippen molar-refractivity contribution in [3.05, 3.63) is 79.1 Å². The highest BCUT2D eigenvalue weighted by atomic mass is 79.9. The summed E-state index contributed by atoms with van der Waals surface area (Å²) in [6.45, 7) is 0.437. The van der Waals surface area contributed by atoms with Crippen LogP contribution in [0.3, 0.4) is 0 Å². The number of halogens is 5. The third-order valence-electron chi connectivity index (χ3n) is 14.5. The molecule has 59 heavy (non-hydrogen) atoms. The minimum Gasteiger partial charge on any atom is -0.390 e. The van der Waals surface area contributed by atoms with Gasteiger partial charge in [0.1, 0.15) is 34.5 Å². The van der Waals surface area contributed by atoms with Crippen LogP contribution in [0.15, 0.2) is 45.4 Å². The maximum Gasteiger partial charge on any atom is 0.145 e. The molecule has 4 aromatic rings. The summed E-state index contributed by atoms with van der Waals surface area (Å²) in [5.74, 6) is 5.88. The molecule has 0 saturated heterocycles. The Labute approximate surface area is 372 Å². The van der Waals surface area contributed by atoms with Gasteiger partial charge >= 0.3 is 0 Å². The van der Waals surface area contributed by atoms with E-state index < -0.39 is 5.60 Å². The van der Waals surface area contributed by atoms with Crippen LogP contribution in [0.1, 0.15) is 124 Å². The lowest BCUT2D eigenvalue weighted by molar-refractivity contribution is -0.179. The van der Waals surface area contributed by atoms with Crippen LogP contribution in [-0.2, 0) is 26.3 Å². The molecule has 14 rings (SSSR count). The Bertz CT molecular complexity index is 2220. The lowest BCUT2D eigenvalue weighted by atomic mass is 9.53. The van der Waals surface area contributed by atoms with Crippen LogP contribution in [-0.4, -0.2) is 38.2 Å². The second-order valence-corrected chi connectivity index (χ2v) is 21.0. The van der Waals surface area contributed by atoms with Crippen LogP contribution in [0, 0.1) is 35.5 Å². The van der Waals surface area contributed by atoms with Crippen molar-refractivity contribution < 1.29 is 28.5 Å². The summed E-state index contributed by atoms with van der Waals surface area (Å²) in [6.07, 6.45) is 14.1. The maximum absolute atomic E-state index is 12.5. The molecule has 312 valence electrons. The smallest absolute Gasteiger partial charge is 0.145 e. The highest BCUT2D eigenvalue weighted by Crippen LogP contribution is 2.57. The van der Waals surface area contributed by atoms with Gasteiger partial charge in [-0.25, -0.2) is 0 Å². The van der Waals surface area contributed by atoms with Crippen molar-refractivity contribution in [1.29, 1.82) is 0 Å². The first-order valence-electron chi connectivity index (χ1n) is 21.3. The average Bonchev–Trinajstić information content (AvgIpc) is 4.14. The molecule has 2 aromatic heterocycles. The van der Waals surface area contributed by atoms with E-state index in [4.69, 9.17) is 60.2 Å². The van der Waals surface area contributed by atoms with Crippen molar-refractivity contribution in [3.8, 4) is 22.5 Å². The molecule has 2 heterocycles. The van der Waals surface area contributed by atoms with Crippen molar-refractivity contribution >= 4 is 73.9 Å². The fraction of sp³-hybridized carbons (Fsp3) is 0.565. The second kappa shape index (κ2) is 15.8. The summed E-state index contributed by atoms with van der Waals surface area (Å²) in [7, 11) is 0. The number of aliphatic hydroxyl groups is 1. The van der Waals surface area contributed by atoms with Crippen molar-refractivity contribution in [3.63, 3.8) is 0 Å². The fourth-order valence-electron chi connectivity index (χ4n) is 11.9. The monoisotopic (exact) mass is 942 g/mol. The molecule has 10 aliphatic carbocycles. The van der Waals surface area contributed by atoms with E-state index >= 15 is 0 Å². The SMILES string of the molecule is Clc1cccc(Cl)c1-c1noc(C2CC2)c1CBr.O=C1C2CC3C[C@@H]1CC(O)(C3)C2.O=C1C2CC3C[C@@H]1CC(OCc1c(-c4c(Cl)cccc4Cl)noc1C1CC1)(C3)C2. The van der Waals surface area contributed by atoms with E-state index in [0.29, 0.717) is 78.5 Å². The summed E-state index contributed by atoms with van der Waals surface area (Å²) in [6, 6.07) is 10.9. The number of hydrogen-bond donors (Lipinski definition) is 1. The van der Waals surface area contributed by atoms with Gasteiger partial charge in [-0.15, -0.1) is 0 Å². The summed E-state index contributed by atoms with van der Waals surface area (Å²) in [5, 5.41) is 21.6. The number of aromatic nitrogens is 2. The normalized spacial score (nSPS) is 32.2. The van der Waals surface area contributed by atoms with Gasteiger partial charge in [-0.1, -0.05) is 84.8 Å². The van der Waals surface area contributed by atoms with Crippen LogP contribution in [0.5, 0.6) is 0 Å². The number of carbonyl (C=O) groups is 2. The first-order valence-corrected chi connectivity index (χ1v) is 23.9. The molecule has 0 amide bonds. The number of Topliss-reactive ketones (excluding diaryl/α,β-unsaturated/α-hetero) is 2. The minimum atomic E-state index is -0.440. The van der Waals surface area contributed by atoms with Gasteiger partial charge < -0.3 is 18.9 Å². The number of ketones is 2. The lowest BCUT2D eigenvalue weighted by Gasteiger charge is -2.55. The molecule has 1 N–H and O–H groups in total. The van der Waals surface area contributed by atoms with Gasteiger partial charge in [0, 0.05) is 63.1 Å². The van der Waals surface area contributed by atoms with Gasteiger partial charge in [-0.05, 0) is 126 Å². The molecule has 10 fully saturated rings. The summed E-state index contributed by atoms with van der Waals surface area (Å²) < 4.78 is 17.9. The number of nitrogens with zero attached hydrogens (tertiary/aromatic N) is 2. The van der Waals surface area contributed by atoms with Crippen LogP contribution < -0.4 is 0 Å². The molecular weight excluding hydrogens is 898 g/mol. The number of alkyl halides is 1. The molecule has 8 nitrogen and oxygen atoms in total. The molecule has 0 spiro atoms. The molecule has 6 unspecified atom stereocenters. The molecule has 0 aliphatic heterocycles. The van der Waals surface area contributed by atoms with Gasteiger partial charge in [-0.2, -0.15) is 0 Å². The third kappa shape index (κ3) is 7.80. The maximum atomic E-state index is 12.5. The Kier molecular flexibility index (Phi) is 11.0. The molecule has 8 bridgehead atoms. The van der Waals surface area contributed by atoms with E-state index in [-0.39, 0.29) is 29.3 Å². The molecule has 8 atom stereocenters. The highest BCUT2D eigenvalue weighted by molar-refractivity contribution is 9.08. The van der Waals surface area contributed by atoms with Gasteiger partial charge in [0.05, 0.1) is 37.9 Å². The zero-order chi connectivity index (χ0) is 40.8. The van der Waals surface area contributed by atoms with Crippen LogP contribution in [0.2, 0.25) is 20.1 Å². The van der Waals surface area contributed by atoms with Gasteiger partial charge in [0.2, 0.25) is 0 Å². The molecule has 0 radical (unpaired) electrons. The van der Waals surface area contributed by atoms with E-state index in [1.54, 1.807) is 0 Å². The number of hydrogen-bond acceptors (Lipinski definition) is 8. The summed E-state index contributed by atoms with van der Waals surface area (Å²) in [4.78, 5) is 24.1. The first kappa shape index (κ1) is 40.8. The van der Waals surface area contributed by atoms with Crippen molar-refractivity contribution in [2.24, 2.45) is 35.5 Å². The zero-order valence-electron chi connectivity index (χ0n) is 32.7. The van der Waals surface area contributed by atoms with Crippen LogP contribution in [0.4, 0.5) is 0 Å². The topological polar surface area (TPSA) is 116 Å². The summed E-state index contributed by atoms with van der Waals surface area (Å²) >= 11 is 28.9. The van der Waals surface area contributed by atoms with Gasteiger partial charge in [0.15, 0.2) is 0 Å². The fourth-order valence-corrected chi connectivity index (χ4v) is 13.6. The summed E-state index contributed by atoms with van der Waals surface area (Å²) in [5.41, 5.74) is 4.34. The molecule has 2 aromatic carbocycles. The first-order chi connectivity index (χ1) is 28.4. The van der Waals surface area contributed by atoms with Crippen LogP contribution >= 0.6 is 62.3 Å². The number of carbonyl (C=O) groups excluding carboxylic acids is 2. The molecule has 10 saturated carbocycles. The number of ether oxygens (including phenoxy) is 1. The predicted molar refractivity (Wildman–Crippen MR) is 230 cm³/mol. The van der Waals surface area contributed by atoms with Gasteiger partial charge in [-0.3, -0.25) is 9.59 Å². The average molecular weight is 946 g/mol. The van der Waals surface area contributed by atoms with Crippen LogP contribution in [0.25, 0.3) is 22.5 Å². The van der Waals surface area contributed by atoms with Gasteiger partial charge in [0.25, 0.3) is 0 Å². The zero-order valence-corrected chi connectivity index (χ0v) is 37.3. The number of rotatable bonds is 8. The van der Waals surface area contributed by atoms with Crippen molar-refractivity contribution in [2.75, 3.05) is 0 Å². The van der Waals surface area contributed by atoms with E-state index in [0.717, 1.165) is 111 Å². The van der Waals surface area contributed by atoms with E-state index in [2.05, 4.69) is 26.2 Å². The van der Waals surface area contributed by atoms with Crippen molar-refractivity contribution in [1.82, 2.24) is 10.3 Å². The Hall–Kier alpha value is -2.24. The molecule has 13 heteroatoms. The predicted octanol–water partition coefficient (Wildman–Crippen LogP) is 12.7. The van der Waals surface area contributed by atoms with Crippen molar-refractivity contribution in [2.45, 2.75) is 125 Å². The standard InChI is InChI=1S/C23H23Cl2NO3.C13H10BrCl2NO.C10H14O2/c24-17-2-1-3-18(25)19(17)20-16(22(29-26-20)13-4-5-13)11-28-23-8-12-6-14(9-23)21(27)15(7-12)10-23;14-6-8-12(17-18-13(8)7-4-5-7)11-9(15)2-1-3-10(11)16;11-9-7-1-6-2-8(9)5-10(12,3-6)4-7/h1-3,12-15H,4-11H2;1-3,7H,4-6H2;6-8,12H,1-5H2/t12?,14-,15?,23?;;6?,7-,8?,10?/m1.1/s1. The third-order valence-corrected chi connectivity index (χ3v) is 16.3. The molecule has 10 aliphatic rings. The largest absolute Gasteiger partial charge is 0.390 e. The second-order valence-electron chi connectivity index (χ2n) is 18.8.